The minimum absolute atomic E-state index is 0.0796. The van der Waals surface area contributed by atoms with Gasteiger partial charge in [0.15, 0.2) is 0 Å². The van der Waals surface area contributed by atoms with E-state index >= 15 is 0 Å². The van der Waals surface area contributed by atoms with Crippen molar-refractivity contribution in [2.45, 2.75) is 45.4 Å². The standard InChI is InChI=1S/C14H23NO5/c1-14(2,3)20-13(18)15-11(19-4)8-9-5-6-10(7-9)12(16)17/h5-6,9-11H,7-8H2,1-4H3,(H,15,18)(H,16,17)/t9?,10?,11-/m0/s1. The van der Waals surface area contributed by atoms with Crippen LogP contribution >= 0.6 is 0 Å². The number of alkyl carbamates (subject to hydrolysis) is 1. The van der Waals surface area contributed by atoms with E-state index in [0.29, 0.717) is 12.8 Å². The molecule has 114 valence electrons. The lowest BCUT2D eigenvalue weighted by molar-refractivity contribution is -0.140. The van der Waals surface area contributed by atoms with Crippen LogP contribution < -0.4 is 5.32 Å². The van der Waals surface area contributed by atoms with Gasteiger partial charge in [0.25, 0.3) is 0 Å². The average molecular weight is 285 g/mol. The highest BCUT2D eigenvalue weighted by Crippen LogP contribution is 2.27. The summed E-state index contributed by atoms with van der Waals surface area (Å²) in [7, 11) is 1.50. The molecule has 20 heavy (non-hydrogen) atoms. The first-order chi connectivity index (χ1) is 9.21. The van der Waals surface area contributed by atoms with Crippen LogP contribution in [0.1, 0.15) is 33.6 Å². The largest absolute Gasteiger partial charge is 0.481 e. The van der Waals surface area contributed by atoms with Gasteiger partial charge in [0.2, 0.25) is 0 Å². The number of carboxylic acid groups (broad SMARTS) is 1. The van der Waals surface area contributed by atoms with Gasteiger partial charge in [0.05, 0.1) is 5.92 Å². The molecule has 0 saturated heterocycles. The van der Waals surface area contributed by atoms with Crippen LogP contribution in [-0.4, -0.2) is 36.1 Å². The molecule has 0 heterocycles. The number of ether oxygens (including phenoxy) is 2. The van der Waals surface area contributed by atoms with Crippen LogP contribution in [0.25, 0.3) is 0 Å². The normalized spacial score (nSPS) is 23.4. The van der Waals surface area contributed by atoms with Crippen LogP contribution in [0.2, 0.25) is 0 Å². The van der Waals surface area contributed by atoms with Crippen molar-refractivity contribution in [3.05, 3.63) is 12.2 Å². The van der Waals surface area contributed by atoms with Crippen molar-refractivity contribution >= 4 is 12.1 Å². The van der Waals surface area contributed by atoms with Gasteiger partial charge in [-0.1, -0.05) is 12.2 Å². The highest BCUT2D eigenvalue weighted by Gasteiger charge is 2.27. The van der Waals surface area contributed by atoms with Crippen molar-refractivity contribution in [3.8, 4) is 0 Å². The van der Waals surface area contributed by atoms with Crippen LogP contribution in [0, 0.1) is 11.8 Å². The van der Waals surface area contributed by atoms with E-state index in [1.54, 1.807) is 26.8 Å². The molecule has 6 heteroatoms. The number of allylic oxidation sites excluding steroid dienone is 1. The molecule has 0 fully saturated rings. The summed E-state index contributed by atoms with van der Waals surface area (Å²) in [5.41, 5.74) is -0.565. The van der Waals surface area contributed by atoms with Gasteiger partial charge < -0.3 is 14.6 Å². The predicted octanol–water partition coefficient (Wildman–Crippen LogP) is 2.15. The maximum atomic E-state index is 11.6. The number of nitrogens with one attached hydrogen (secondary N) is 1. The van der Waals surface area contributed by atoms with Crippen molar-refractivity contribution in [3.63, 3.8) is 0 Å². The van der Waals surface area contributed by atoms with Gasteiger partial charge in [-0.3, -0.25) is 10.1 Å². The fourth-order valence-corrected chi connectivity index (χ4v) is 2.06. The first-order valence-electron chi connectivity index (χ1n) is 6.64. The monoisotopic (exact) mass is 285 g/mol. The van der Waals surface area contributed by atoms with E-state index in [1.165, 1.54) is 7.11 Å². The van der Waals surface area contributed by atoms with Gasteiger partial charge in [0.1, 0.15) is 11.8 Å². The molecular weight excluding hydrogens is 262 g/mol. The van der Waals surface area contributed by atoms with Crippen molar-refractivity contribution < 1.29 is 24.2 Å². The molecule has 0 radical (unpaired) electrons. The number of carbonyl (C=O) groups is 2. The number of amides is 1. The van der Waals surface area contributed by atoms with E-state index in [1.807, 2.05) is 6.08 Å². The Labute approximate surface area is 119 Å². The quantitative estimate of drug-likeness (QED) is 0.597. The molecule has 6 nitrogen and oxygen atoms in total. The topological polar surface area (TPSA) is 84.9 Å². The number of hydrogen-bond acceptors (Lipinski definition) is 4. The van der Waals surface area contributed by atoms with Gasteiger partial charge >= 0.3 is 12.1 Å². The number of rotatable bonds is 5. The SMILES string of the molecule is CO[C@@H](CC1C=CC(C(=O)O)C1)NC(=O)OC(C)(C)C. The Balaban J connectivity index is 2.43. The highest BCUT2D eigenvalue weighted by atomic mass is 16.6. The molecule has 0 saturated carbocycles. The molecule has 0 aliphatic heterocycles. The van der Waals surface area contributed by atoms with Crippen LogP contribution in [0.15, 0.2) is 12.2 Å². The third-order valence-electron chi connectivity index (χ3n) is 2.97. The molecule has 0 aromatic carbocycles. The van der Waals surface area contributed by atoms with E-state index in [4.69, 9.17) is 14.6 Å². The molecule has 3 atom stereocenters. The van der Waals surface area contributed by atoms with E-state index in [2.05, 4.69) is 5.32 Å². The number of methoxy groups -OCH3 is 1. The summed E-state index contributed by atoms with van der Waals surface area (Å²) in [4.78, 5) is 22.5. The third-order valence-corrected chi connectivity index (χ3v) is 2.97. The Morgan fingerprint density at radius 3 is 2.50 bits per heavy atom. The second-order valence-corrected chi connectivity index (χ2v) is 5.93. The minimum Gasteiger partial charge on any atom is -0.481 e. The van der Waals surface area contributed by atoms with Crippen molar-refractivity contribution in [2.75, 3.05) is 7.11 Å². The Kier molecular flexibility index (Phi) is 5.56. The molecule has 1 amide bonds. The molecule has 1 rings (SSSR count). The van der Waals surface area contributed by atoms with E-state index < -0.39 is 29.8 Å². The first kappa shape index (κ1) is 16.5. The van der Waals surface area contributed by atoms with Crippen LogP contribution in [-0.2, 0) is 14.3 Å². The summed E-state index contributed by atoms with van der Waals surface area (Å²) >= 11 is 0. The molecule has 2 N–H and O–H groups in total. The summed E-state index contributed by atoms with van der Waals surface area (Å²) in [5.74, 6) is -1.19. The zero-order valence-corrected chi connectivity index (χ0v) is 12.4. The zero-order chi connectivity index (χ0) is 15.3. The first-order valence-corrected chi connectivity index (χ1v) is 6.64. The molecule has 0 bridgehead atoms. The Morgan fingerprint density at radius 1 is 1.40 bits per heavy atom. The molecule has 2 unspecified atom stereocenters. The smallest absolute Gasteiger partial charge is 0.409 e. The maximum Gasteiger partial charge on any atom is 0.409 e. The summed E-state index contributed by atoms with van der Waals surface area (Å²) in [6.45, 7) is 5.35. The maximum absolute atomic E-state index is 11.6. The highest BCUT2D eigenvalue weighted by molar-refractivity contribution is 5.72. The predicted molar refractivity (Wildman–Crippen MR) is 73.2 cm³/mol. The van der Waals surface area contributed by atoms with Crippen LogP contribution in [0.3, 0.4) is 0 Å². The van der Waals surface area contributed by atoms with E-state index in [-0.39, 0.29) is 5.92 Å². The van der Waals surface area contributed by atoms with Gasteiger partial charge in [0, 0.05) is 7.11 Å². The third kappa shape index (κ3) is 5.61. The fraction of sp³-hybridized carbons (Fsp3) is 0.714. The van der Waals surface area contributed by atoms with Gasteiger partial charge in [-0.2, -0.15) is 0 Å². The Hall–Kier alpha value is -1.56. The summed E-state index contributed by atoms with van der Waals surface area (Å²) < 4.78 is 10.4. The fourth-order valence-electron chi connectivity index (χ4n) is 2.06. The molecule has 1 aliphatic carbocycles. The molecule has 1 aliphatic rings. The number of hydrogen-bond donors (Lipinski definition) is 2. The van der Waals surface area contributed by atoms with Gasteiger partial charge in [-0.25, -0.2) is 4.79 Å². The second-order valence-electron chi connectivity index (χ2n) is 5.93. The van der Waals surface area contributed by atoms with Crippen LogP contribution in [0.4, 0.5) is 4.79 Å². The van der Waals surface area contributed by atoms with Crippen molar-refractivity contribution in [2.24, 2.45) is 11.8 Å². The van der Waals surface area contributed by atoms with Crippen molar-refractivity contribution in [1.82, 2.24) is 5.32 Å². The molecule has 0 aromatic heterocycles. The molecular formula is C14H23NO5. The Morgan fingerprint density at radius 2 is 2.05 bits per heavy atom. The lowest BCUT2D eigenvalue weighted by Gasteiger charge is -2.24. The summed E-state index contributed by atoms with van der Waals surface area (Å²) in [6, 6.07) is 0. The van der Waals surface area contributed by atoms with Gasteiger partial charge in [-0.05, 0) is 39.5 Å². The van der Waals surface area contributed by atoms with E-state index in [9.17, 15) is 9.59 Å². The molecule has 0 spiro atoms. The minimum atomic E-state index is -0.821. The number of carbonyl (C=O) groups excluding carboxylic acids is 1. The zero-order valence-electron chi connectivity index (χ0n) is 12.4. The molecule has 0 aromatic rings. The lowest BCUT2D eigenvalue weighted by Crippen LogP contribution is -2.40. The summed E-state index contributed by atoms with van der Waals surface area (Å²) in [6.07, 6.45) is 3.57. The van der Waals surface area contributed by atoms with Crippen LogP contribution in [0.5, 0.6) is 0 Å². The van der Waals surface area contributed by atoms with E-state index in [0.717, 1.165) is 0 Å². The second kappa shape index (κ2) is 6.74. The van der Waals surface area contributed by atoms with Crippen molar-refractivity contribution in [1.29, 1.82) is 0 Å². The number of carboxylic acids is 1. The number of aliphatic carboxylic acids is 1. The van der Waals surface area contributed by atoms with Gasteiger partial charge in [-0.15, -0.1) is 0 Å². The lowest BCUT2D eigenvalue weighted by atomic mass is 9.99. The average Bonchev–Trinajstić information content (AvgIpc) is 2.74. The Bertz CT molecular complexity index is 386. The summed E-state index contributed by atoms with van der Waals surface area (Å²) in [5, 5.41) is 11.6.